The van der Waals surface area contributed by atoms with Crippen molar-refractivity contribution in [1.82, 2.24) is 9.55 Å². The van der Waals surface area contributed by atoms with Crippen LogP contribution in [0.4, 0.5) is 5.69 Å². The summed E-state index contributed by atoms with van der Waals surface area (Å²) in [5, 5.41) is 3.93. The zero-order valence-corrected chi connectivity index (χ0v) is 15.5. The predicted octanol–water partition coefficient (Wildman–Crippen LogP) is 3.38. The molecule has 1 aliphatic heterocycles. The standard InChI is InChI=1S/C21H23N3O3/c1-13-10-14(2)24(12-17-4-3-9-27-17)21(26)19(13)20(25)23-16-6-5-15-7-8-22-18(15)11-16/h5-8,10-11,17,22H,3-4,9,12H2,1-2H3,(H,23,25). The molecule has 2 aromatic heterocycles. The van der Waals surface area contributed by atoms with Crippen LogP contribution in [0.3, 0.4) is 0 Å². The number of H-pyrrole nitrogens is 1. The average Bonchev–Trinajstić information content (AvgIpc) is 3.29. The molecule has 6 heteroatoms. The number of pyridine rings is 1. The predicted molar refractivity (Wildman–Crippen MR) is 105 cm³/mol. The van der Waals surface area contributed by atoms with Crippen LogP contribution in [0.5, 0.6) is 0 Å². The summed E-state index contributed by atoms with van der Waals surface area (Å²) < 4.78 is 7.32. The fourth-order valence-electron chi connectivity index (χ4n) is 3.74. The van der Waals surface area contributed by atoms with Crippen LogP contribution in [0.15, 0.2) is 41.3 Å². The van der Waals surface area contributed by atoms with Gasteiger partial charge in [0, 0.05) is 29.7 Å². The summed E-state index contributed by atoms with van der Waals surface area (Å²) in [4.78, 5) is 29.0. The van der Waals surface area contributed by atoms with Crippen molar-refractivity contribution < 1.29 is 9.53 Å². The molecule has 1 aliphatic rings. The van der Waals surface area contributed by atoms with Crippen LogP contribution in [0, 0.1) is 13.8 Å². The minimum atomic E-state index is -0.385. The van der Waals surface area contributed by atoms with E-state index in [0.29, 0.717) is 17.8 Å². The van der Waals surface area contributed by atoms with Crippen molar-refractivity contribution >= 4 is 22.5 Å². The number of nitrogens with one attached hydrogen (secondary N) is 2. The molecule has 0 saturated carbocycles. The van der Waals surface area contributed by atoms with Crippen molar-refractivity contribution in [2.45, 2.75) is 39.3 Å². The van der Waals surface area contributed by atoms with Gasteiger partial charge < -0.3 is 19.6 Å². The van der Waals surface area contributed by atoms with Gasteiger partial charge in [-0.1, -0.05) is 6.07 Å². The highest BCUT2D eigenvalue weighted by atomic mass is 16.5. The number of fused-ring (bicyclic) bond motifs is 1. The lowest BCUT2D eigenvalue weighted by Crippen LogP contribution is -2.34. The first-order valence-corrected chi connectivity index (χ1v) is 9.24. The fourth-order valence-corrected chi connectivity index (χ4v) is 3.74. The van der Waals surface area contributed by atoms with Crippen LogP contribution >= 0.6 is 0 Å². The van der Waals surface area contributed by atoms with Crippen LogP contribution < -0.4 is 10.9 Å². The Balaban J connectivity index is 1.64. The Morgan fingerprint density at radius 3 is 2.93 bits per heavy atom. The van der Waals surface area contributed by atoms with Crippen molar-refractivity contribution in [3.63, 3.8) is 0 Å². The van der Waals surface area contributed by atoms with Crippen molar-refractivity contribution in [2.24, 2.45) is 0 Å². The van der Waals surface area contributed by atoms with E-state index < -0.39 is 0 Å². The molecule has 140 valence electrons. The molecule has 0 spiro atoms. The number of carbonyl (C=O) groups is 1. The Bertz CT molecular complexity index is 1060. The Morgan fingerprint density at radius 2 is 2.15 bits per heavy atom. The lowest BCUT2D eigenvalue weighted by Gasteiger charge is -2.17. The van der Waals surface area contributed by atoms with Gasteiger partial charge in [0.2, 0.25) is 0 Å². The molecule has 1 unspecified atom stereocenters. The number of anilines is 1. The third kappa shape index (κ3) is 3.40. The van der Waals surface area contributed by atoms with Crippen LogP contribution in [0.2, 0.25) is 0 Å². The molecule has 1 amide bonds. The lowest BCUT2D eigenvalue weighted by molar-refractivity contribution is 0.0947. The van der Waals surface area contributed by atoms with Crippen molar-refractivity contribution in [3.05, 3.63) is 63.7 Å². The Hall–Kier alpha value is -2.86. The molecule has 2 N–H and O–H groups in total. The number of aromatic amines is 1. The Kier molecular flexibility index (Phi) is 4.58. The van der Waals surface area contributed by atoms with Crippen LogP contribution in [0.25, 0.3) is 10.9 Å². The van der Waals surface area contributed by atoms with E-state index in [9.17, 15) is 9.59 Å². The molecule has 3 aromatic rings. The van der Waals surface area contributed by atoms with E-state index in [1.54, 1.807) is 11.5 Å². The van der Waals surface area contributed by atoms with Gasteiger partial charge in [-0.25, -0.2) is 0 Å². The molecule has 4 rings (SSSR count). The first kappa shape index (κ1) is 17.5. The molecule has 6 nitrogen and oxygen atoms in total. The van der Waals surface area contributed by atoms with Crippen molar-refractivity contribution in [2.75, 3.05) is 11.9 Å². The highest BCUT2D eigenvalue weighted by molar-refractivity contribution is 6.05. The van der Waals surface area contributed by atoms with Gasteiger partial charge in [0.1, 0.15) is 5.56 Å². The van der Waals surface area contributed by atoms with Gasteiger partial charge in [0.25, 0.3) is 11.5 Å². The maximum atomic E-state index is 13.0. The van der Waals surface area contributed by atoms with E-state index >= 15 is 0 Å². The monoisotopic (exact) mass is 365 g/mol. The summed E-state index contributed by atoms with van der Waals surface area (Å²) in [6.07, 6.45) is 3.84. The van der Waals surface area contributed by atoms with Crippen LogP contribution in [-0.2, 0) is 11.3 Å². The van der Waals surface area contributed by atoms with Crippen molar-refractivity contribution in [1.29, 1.82) is 0 Å². The van der Waals surface area contributed by atoms with Gasteiger partial charge >= 0.3 is 0 Å². The van der Waals surface area contributed by atoms with Gasteiger partial charge in [-0.15, -0.1) is 0 Å². The number of nitrogens with zero attached hydrogens (tertiary/aromatic N) is 1. The summed E-state index contributed by atoms with van der Waals surface area (Å²) in [6, 6.07) is 9.48. The first-order chi connectivity index (χ1) is 13.0. The summed E-state index contributed by atoms with van der Waals surface area (Å²) in [5.41, 5.74) is 3.03. The van der Waals surface area contributed by atoms with E-state index in [1.807, 2.05) is 43.5 Å². The summed E-state index contributed by atoms with van der Waals surface area (Å²) in [5.74, 6) is -0.385. The van der Waals surface area contributed by atoms with Crippen molar-refractivity contribution in [3.8, 4) is 0 Å². The number of amides is 1. The van der Waals surface area contributed by atoms with Gasteiger partial charge in [-0.05, 0) is 61.9 Å². The highest BCUT2D eigenvalue weighted by Gasteiger charge is 2.22. The Labute approximate surface area is 157 Å². The molecule has 0 radical (unpaired) electrons. The number of rotatable bonds is 4. The summed E-state index contributed by atoms with van der Waals surface area (Å²) >= 11 is 0. The average molecular weight is 365 g/mol. The van der Waals surface area contributed by atoms with E-state index in [-0.39, 0.29) is 23.1 Å². The minimum Gasteiger partial charge on any atom is -0.376 e. The molecule has 1 aromatic carbocycles. The number of carbonyl (C=O) groups excluding carboxylic acids is 1. The molecular weight excluding hydrogens is 342 g/mol. The molecule has 1 atom stereocenters. The second-order valence-electron chi connectivity index (χ2n) is 7.13. The second-order valence-corrected chi connectivity index (χ2v) is 7.13. The molecule has 0 aliphatic carbocycles. The number of ether oxygens (including phenoxy) is 1. The normalized spacial score (nSPS) is 16.7. The van der Waals surface area contributed by atoms with Gasteiger partial charge in [0.15, 0.2) is 0 Å². The van der Waals surface area contributed by atoms with Gasteiger partial charge in [-0.3, -0.25) is 9.59 Å². The molecule has 1 fully saturated rings. The SMILES string of the molecule is Cc1cc(C)n(CC2CCCO2)c(=O)c1C(=O)Nc1ccc2cc[nH]c2c1. The van der Waals surface area contributed by atoms with Gasteiger partial charge in [-0.2, -0.15) is 0 Å². The van der Waals surface area contributed by atoms with Gasteiger partial charge in [0.05, 0.1) is 12.6 Å². The fraction of sp³-hybridized carbons (Fsp3) is 0.333. The number of hydrogen-bond donors (Lipinski definition) is 2. The number of hydrogen-bond acceptors (Lipinski definition) is 3. The third-order valence-corrected chi connectivity index (χ3v) is 5.15. The number of benzene rings is 1. The van der Waals surface area contributed by atoms with Crippen LogP contribution in [0.1, 0.15) is 34.5 Å². The largest absolute Gasteiger partial charge is 0.376 e. The first-order valence-electron chi connectivity index (χ1n) is 9.24. The zero-order valence-electron chi connectivity index (χ0n) is 15.5. The smallest absolute Gasteiger partial charge is 0.263 e. The third-order valence-electron chi connectivity index (χ3n) is 5.15. The van der Waals surface area contributed by atoms with Crippen LogP contribution in [-0.4, -0.2) is 28.2 Å². The second kappa shape index (κ2) is 7.04. The maximum Gasteiger partial charge on any atom is 0.263 e. The highest BCUT2D eigenvalue weighted by Crippen LogP contribution is 2.19. The molecule has 3 heterocycles. The Morgan fingerprint density at radius 1 is 1.30 bits per heavy atom. The molecule has 1 saturated heterocycles. The molecule has 0 bridgehead atoms. The summed E-state index contributed by atoms with van der Waals surface area (Å²) in [7, 11) is 0. The van der Waals surface area contributed by atoms with E-state index in [0.717, 1.165) is 36.0 Å². The zero-order chi connectivity index (χ0) is 19.0. The number of aryl methyl sites for hydroxylation is 2. The topological polar surface area (TPSA) is 76.1 Å². The lowest BCUT2D eigenvalue weighted by atomic mass is 10.1. The maximum absolute atomic E-state index is 13.0. The molecular formula is C21H23N3O3. The molecule has 27 heavy (non-hydrogen) atoms. The van der Waals surface area contributed by atoms with E-state index in [1.165, 1.54) is 0 Å². The quantitative estimate of drug-likeness (QED) is 0.744. The van der Waals surface area contributed by atoms with E-state index in [2.05, 4.69) is 10.3 Å². The summed E-state index contributed by atoms with van der Waals surface area (Å²) in [6.45, 7) is 4.91. The van der Waals surface area contributed by atoms with E-state index in [4.69, 9.17) is 4.74 Å². The minimum absolute atomic E-state index is 0.0373. The number of aromatic nitrogens is 2.